The van der Waals surface area contributed by atoms with E-state index in [1.807, 2.05) is 7.05 Å². The Kier molecular flexibility index (Phi) is 2.78. The van der Waals surface area contributed by atoms with Crippen LogP contribution in [-0.2, 0) is 0 Å². The Morgan fingerprint density at radius 2 is 1.93 bits per heavy atom. The van der Waals surface area contributed by atoms with Gasteiger partial charge in [-0.25, -0.2) is 0 Å². The van der Waals surface area contributed by atoms with E-state index in [1.165, 1.54) is 32.1 Å². The van der Waals surface area contributed by atoms with Crippen LogP contribution in [0.15, 0.2) is 0 Å². The molecule has 1 N–H and O–H groups in total. The molecule has 2 aliphatic carbocycles. The molecule has 0 aliphatic heterocycles. The number of nitriles is 1. The second kappa shape index (κ2) is 3.90. The number of hydrogen-bond donors (Lipinski definition) is 1. The van der Waals surface area contributed by atoms with Crippen LogP contribution in [0, 0.1) is 22.7 Å². The van der Waals surface area contributed by atoms with Crippen molar-refractivity contribution in [2.75, 3.05) is 7.05 Å². The summed E-state index contributed by atoms with van der Waals surface area (Å²) in [5, 5.41) is 12.7. The quantitative estimate of drug-likeness (QED) is 0.745. The number of hydrogen-bond acceptors (Lipinski definition) is 2. The van der Waals surface area contributed by atoms with E-state index >= 15 is 0 Å². The average Bonchev–Trinajstić information content (AvgIpc) is 2.63. The second-order valence-corrected chi connectivity index (χ2v) is 4.93. The maximum Gasteiger partial charge on any atom is 0.0729 e. The molecule has 0 aromatic rings. The largest absolute Gasteiger partial charge is 0.315 e. The zero-order valence-electron chi connectivity index (χ0n) is 9.05. The molecule has 2 heteroatoms. The molecule has 0 aromatic carbocycles. The van der Waals surface area contributed by atoms with Crippen LogP contribution >= 0.6 is 0 Å². The standard InChI is InChI=1S/C12H20N2/c1-14-11(10-5-2-3-6-10)12(9-13)7-4-8-12/h10-11,14H,2-8H2,1H3. The summed E-state index contributed by atoms with van der Waals surface area (Å²) in [5.41, 5.74) is -0.0102. The minimum atomic E-state index is -0.0102. The maximum atomic E-state index is 9.31. The molecule has 78 valence electrons. The molecular weight excluding hydrogens is 172 g/mol. The lowest BCUT2D eigenvalue weighted by Gasteiger charge is -2.44. The monoisotopic (exact) mass is 192 g/mol. The van der Waals surface area contributed by atoms with E-state index < -0.39 is 0 Å². The Morgan fingerprint density at radius 3 is 2.29 bits per heavy atom. The van der Waals surface area contributed by atoms with Gasteiger partial charge in [-0.2, -0.15) is 5.26 Å². The first-order valence-corrected chi connectivity index (χ1v) is 5.91. The first-order valence-electron chi connectivity index (χ1n) is 5.91. The van der Waals surface area contributed by atoms with Crippen LogP contribution in [0.5, 0.6) is 0 Å². The van der Waals surface area contributed by atoms with Gasteiger partial charge in [0.2, 0.25) is 0 Å². The van der Waals surface area contributed by atoms with Crippen molar-refractivity contribution in [2.45, 2.75) is 51.0 Å². The van der Waals surface area contributed by atoms with Gasteiger partial charge in [-0.1, -0.05) is 19.3 Å². The van der Waals surface area contributed by atoms with E-state index in [0.29, 0.717) is 6.04 Å². The first-order chi connectivity index (χ1) is 6.82. The lowest BCUT2D eigenvalue weighted by molar-refractivity contribution is 0.108. The molecule has 0 aromatic heterocycles. The van der Waals surface area contributed by atoms with Gasteiger partial charge in [-0.15, -0.1) is 0 Å². The summed E-state index contributed by atoms with van der Waals surface area (Å²) in [6, 6.07) is 3.04. The summed E-state index contributed by atoms with van der Waals surface area (Å²) < 4.78 is 0. The highest BCUT2D eigenvalue weighted by Crippen LogP contribution is 2.48. The highest BCUT2D eigenvalue weighted by atomic mass is 14.9. The fourth-order valence-electron chi connectivity index (χ4n) is 3.30. The number of rotatable bonds is 3. The van der Waals surface area contributed by atoms with E-state index in [-0.39, 0.29) is 5.41 Å². The molecule has 1 unspecified atom stereocenters. The lowest BCUT2D eigenvalue weighted by Crippen LogP contribution is -2.51. The Hall–Kier alpha value is -0.550. The molecule has 0 spiro atoms. The van der Waals surface area contributed by atoms with Gasteiger partial charge < -0.3 is 5.32 Å². The SMILES string of the molecule is CNC(C1CCCC1)C1(C#N)CCC1. The molecule has 14 heavy (non-hydrogen) atoms. The normalized spacial score (nSPS) is 28.0. The molecule has 2 rings (SSSR count). The molecule has 2 saturated carbocycles. The summed E-state index contributed by atoms with van der Waals surface area (Å²) in [7, 11) is 2.03. The van der Waals surface area contributed by atoms with E-state index in [1.54, 1.807) is 0 Å². The molecule has 0 saturated heterocycles. The van der Waals surface area contributed by atoms with Gasteiger partial charge in [0.05, 0.1) is 11.5 Å². The van der Waals surface area contributed by atoms with Gasteiger partial charge in [-0.3, -0.25) is 0 Å². The highest BCUT2D eigenvalue weighted by Gasteiger charge is 2.47. The molecule has 2 aliphatic rings. The zero-order chi connectivity index (χ0) is 10.0. The maximum absolute atomic E-state index is 9.31. The topological polar surface area (TPSA) is 35.8 Å². The van der Waals surface area contributed by atoms with Crippen LogP contribution in [0.25, 0.3) is 0 Å². The van der Waals surface area contributed by atoms with E-state index in [0.717, 1.165) is 18.8 Å². The molecule has 0 amide bonds. The number of nitrogens with zero attached hydrogens (tertiary/aromatic N) is 1. The van der Waals surface area contributed by atoms with Crippen LogP contribution in [0.3, 0.4) is 0 Å². The van der Waals surface area contributed by atoms with Crippen molar-refractivity contribution in [3.05, 3.63) is 0 Å². The van der Waals surface area contributed by atoms with Crippen molar-refractivity contribution in [3.63, 3.8) is 0 Å². The first kappa shape index (κ1) is 9.98. The van der Waals surface area contributed by atoms with Crippen LogP contribution < -0.4 is 5.32 Å². The predicted molar refractivity (Wildman–Crippen MR) is 56.7 cm³/mol. The van der Waals surface area contributed by atoms with Crippen molar-refractivity contribution in [1.82, 2.24) is 5.32 Å². The van der Waals surface area contributed by atoms with Crippen LogP contribution in [-0.4, -0.2) is 13.1 Å². The zero-order valence-corrected chi connectivity index (χ0v) is 9.05. The highest BCUT2D eigenvalue weighted by molar-refractivity contribution is 5.12. The summed E-state index contributed by atoms with van der Waals surface area (Å²) in [5.74, 6) is 0.764. The van der Waals surface area contributed by atoms with Crippen LogP contribution in [0.2, 0.25) is 0 Å². The molecule has 2 nitrogen and oxygen atoms in total. The molecule has 0 bridgehead atoms. The third-order valence-corrected chi connectivity index (χ3v) is 4.25. The van der Waals surface area contributed by atoms with Gasteiger partial charge in [-0.05, 0) is 38.6 Å². The van der Waals surface area contributed by atoms with Gasteiger partial charge >= 0.3 is 0 Å². The van der Waals surface area contributed by atoms with Crippen molar-refractivity contribution < 1.29 is 0 Å². The molecule has 1 atom stereocenters. The van der Waals surface area contributed by atoms with Crippen LogP contribution in [0.4, 0.5) is 0 Å². The van der Waals surface area contributed by atoms with E-state index in [9.17, 15) is 5.26 Å². The average molecular weight is 192 g/mol. The lowest BCUT2D eigenvalue weighted by atomic mass is 9.62. The summed E-state index contributed by atoms with van der Waals surface area (Å²) in [6.45, 7) is 0. The minimum absolute atomic E-state index is 0.0102. The smallest absolute Gasteiger partial charge is 0.0729 e. The molecule has 0 radical (unpaired) electrons. The third-order valence-electron chi connectivity index (χ3n) is 4.25. The van der Waals surface area contributed by atoms with E-state index in [4.69, 9.17) is 0 Å². The predicted octanol–water partition coefficient (Wildman–Crippen LogP) is 2.46. The van der Waals surface area contributed by atoms with Gasteiger partial charge in [0.25, 0.3) is 0 Å². The molecule has 2 fully saturated rings. The fourth-order valence-corrected chi connectivity index (χ4v) is 3.30. The van der Waals surface area contributed by atoms with Gasteiger partial charge in [0, 0.05) is 6.04 Å². The van der Waals surface area contributed by atoms with E-state index in [2.05, 4.69) is 11.4 Å². The third kappa shape index (κ3) is 1.44. The minimum Gasteiger partial charge on any atom is -0.315 e. The van der Waals surface area contributed by atoms with Crippen molar-refractivity contribution in [2.24, 2.45) is 11.3 Å². The Bertz CT molecular complexity index is 231. The molecular formula is C12H20N2. The van der Waals surface area contributed by atoms with Gasteiger partial charge in [0.1, 0.15) is 0 Å². The van der Waals surface area contributed by atoms with Crippen LogP contribution in [0.1, 0.15) is 44.9 Å². The number of nitrogens with one attached hydrogen (secondary N) is 1. The summed E-state index contributed by atoms with van der Waals surface area (Å²) in [6.07, 6.45) is 8.87. The fraction of sp³-hybridized carbons (Fsp3) is 0.917. The van der Waals surface area contributed by atoms with Crippen molar-refractivity contribution in [1.29, 1.82) is 5.26 Å². The Morgan fingerprint density at radius 1 is 1.29 bits per heavy atom. The van der Waals surface area contributed by atoms with Crippen molar-refractivity contribution >= 4 is 0 Å². The summed E-state index contributed by atoms with van der Waals surface area (Å²) in [4.78, 5) is 0. The summed E-state index contributed by atoms with van der Waals surface area (Å²) >= 11 is 0. The Balaban J connectivity index is 2.07. The Labute approximate surface area is 86.7 Å². The second-order valence-electron chi connectivity index (χ2n) is 4.93. The van der Waals surface area contributed by atoms with Gasteiger partial charge in [0.15, 0.2) is 0 Å². The molecule has 0 heterocycles. The van der Waals surface area contributed by atoms with Crippen molar-refractivity contribution in [3.8, 4) is 6.07 Å².